The van der Waals surface area contributed by atoms with Crippen LogP contribution in [0.25, 0.3) is 5.52 Å². The largest absolute Gasteiger partial charge is 0.385 e. The third kappa shape index (κ3) is 1.02. The molecule has 0 radical (unpaired) electrons. The lowest BCUT2D eigenvalue weighted by molar-refractivity contribution is 0.927. The van der Waals surface area contributed by atoms with Gasteiger partial charge in [-0.25, -0.2) is 4.98 Å². The summed E-state index contributed by atoms with van der Waals surface area (Å²) in [5.41, 5.74) is 6.81. The molecule has 0 bridgehead atoms. The van der Waals surface area contributed by atoms with Crippen LogP contribution < -0.4 is 5.73 Å². The normalized spacial score (nSPS) is 16.4. The molecular weight excluding hydrogens is 198 g/mol. The highest BCUT2D eigenvalue weighted by Crippen LogP contribution is 2.41. The van der Waals surface area contributed by atoms with Crippen molar-refractivity contribution in [2.45, 2.75) is 18.8 Å². The minimum Gasteiger partial charge on any atom is -0.385 e. The standard InChI is InChI=1S/C10H10ClN3/c11-9-7-2-1-3-8(12)14(7)10(13-9)6-4-5-6/h1-3,6H,4-5,12H2. The molecular formula is C10H10ClN3. The average molecular weight is 208 g/mol. The van der Waals surface area contributed by atoms with Gasteiger partial charge in [-0.1, -0.05) is 17.7 Å². The van der Waals surface area contributed by atoms with Crippen LogP contribution in [-0.2, 0) is 0 Å². The lowest BCUT2D eigenvalue weighted by atomic mass is 10.3. The SMILES string of the molecule is Nc1cccc2c(Cl)nc(C3CC3)n12. The van der Waals surface area contributed by atoms with Crippen molar-refractivity contribution in [1.29, 1.82) is 0 Å². The van der Waals surface area contributed by atoms with Crippen molar-refractivity contribution in [3.63, 3.8) is 0 Å². The van der Waals surface area contributed by atoms with Gasteiger partial charge in [0.25, 0.3) is 0 Å². The number of nitrogens with two attached hydrogens (primary N) is 1. The number of pyridine rings is 1. The summed E-state index contributed by atoms with van der Waals surface area (Å²) in [6.45, 7) is 0. The number of nitrogens with zero attached hydrogens (tertiary/aromatic N) is 2. The molecule has 0 saturated heterocycles. The van der Waals surface area contributed by atoms with Crippen molar-refractivity contribution in [2.75, 3.05) is 5.73 Å². The Kier molecular flexibility index (Phi) is 1.53. The number of imidazole rings is 1. The van der Waals surface area contributed by atoms with Crippen LogP contribution in [0.15, 0.2) is 18.2 Å². The summed E-state index contributed by atoms with van der Waals surface area (Å²) in [6, 6.07) is 5.71. The van der Waals surface area contributed by atoms with Gasteiger partial charge < -0.3 is 5.73 Å². The first kappa shape index (κ1) is 8.12. The maximum absolute atomic E-state index is 6.03. The number of aromatic nitrogens is 2. The van der Waals surface area contributed by atoms with Gasteiger partial charge in [0, 0.05) is 5.92 Å². The zero-order valence-corrected chi connectivity index (χ0v) is 8.33. The van der Waals surface area contributed by atoms with Gasteiger partial charge >= 0.3 is 0 Å². The Bertz CT molecular complexity index is 499. The molecule has 3 nitrogen and oxygen atoms in total. The highest BCUT2D eigenvalue weighted by molar-refractivity contribution is 6.32. The molecule has 1 saturated carbocycles. The van der Waals surface area contributed by atoms with E-state index in [9.17, 15) is 0 Å². The number of nitrogen functional groups attached to an aromatic ring is 1. The molecule has 0 atom stereocenters. The van der Waals surface area contributed by atoms with Crippen LogP contribution in [0.2, 0.25) is 5.15 Å². The fraction of sp³-hybridized carbons (Fsp3) is 0.300. The highest BCUT2D eigenvalue weighted by atomic mass is 35.5. The van der Waals surface area contributed by atoms with Gasteiger partial charge in [-0.15, -0.1) is 0 Å². The van der Waals surface area contributed by atoms with Crippen molar-refractivity contribution >= 4 is 22.9 Å². The number of halogens is 1. The van der Waals surface area contributed by atoms with Crippen molar-refractivity contribution in [3.05, 3.63) is 29.2 Å². The van der Waals surface area contributed by atoms with Crippen LogP contribution in [0, 0.1) is 0 Å². The van der Waals surface area contributed by atoms with Crippen molar-refractivity contribution in [2.24, 2.45) is 0 Å². The van der Waals surface area contributed by atoms with E-state index in [0.717, 1.165) is 11.3 Å². The first-order valence-electron chi connectivity index (χ1n) is 4.69. The fourth-order valence-electron chi connectivity index (χ4n) is 1.77. The average Bonchev–Trinajstić information content (AvgIpc) is 2.94. The van der Waals surface area contributed by atoms with Gasteiger partial charge in [-0.2, -0.15) is 0 Å². The minimum absolute atomic E-state index is 0.555. The summed E-state index contributed by atoms with van der Waals surface area (Å²) in [5.74, 6) is 2.28. The Morgan fingerprint density at radius 1 is 1.43 bits per heavy atom. The van der Waals surface area contributed by atoms with Crippen molar-refractivity contribution in [1.82, 2.24) is 9.38 Å². The van der Waals surface area contributed by atoms with Crippen LogP contribution in [0.5, 0.6) is 0 Å². The summed E-state index contributed by atoms with van der Waals surface area (Å²) in [5, 5.41) is 0.555. The van der Waals surface area contributed by atoms with Gasteiger partial charge in [0.2, 0.25) is 0 Å². The van der Waals surface area contributed by atoms with Crippen LogP contribution >= 0.6 is 11.6 Å². The molecule has 0 unspecified atom stereocenters. The number of hydrogen-bond acceptors (Lipinski definition) is 2. The smallest absolute Gasteiger partial charge is 0.155 e. The summed E-state index contributed by atoms with van der Waals surface area (Å²) in [7, 11) is 0. The number of fused-ring (bicyclic) bond motifs is 1. The number of hydrogen-bond donors (Lipinski definition) is 1. The van der Waals surface area contributed by atoms with Gasteiger partial charge in [-0.3, -0.25) is 4.40 Å². The third-order valence-electron chi connectivity index (χ3n) is 2.62. The Labute approximate surface area is 86.5 Å². The second-order valence-corrected chi connectivity index (χ2v) is 4.06. The topological polar surface area (TPSA) is 43.3 Å². The van der Waals surface area contributed by atoms with E-state index in [-0.39, 0.29) is 0 Å². The van der Waals surface area contributed by atoms with E-state index in [1.807, 2.05) is 22.6 Å². The van der Waals surface area contributed by atoms with Crippen molar-refractivity contribution < 1.29 is 0 Å². The molecule has 1 aliphatic carbocycles. The first-order valence-corrected chi connectivity index (χ1v) is 5.07. The van der Waals surface area contributed by atoms with Crippen LogP contribution in [-0.4, -0.2) is 9.38 Å². The van der Waals surface area contributed by atoms with E-state index in [2.05, 4.69) is 4.98 Å². The summed E-state index contributed by atoms with van der Waals surface area (Å²) in [4.78, 5) is 4.36. The number of anilines is 1. The van der Waals surface area contributed by atoms with Gasteiger partial charge in [0.05, 0.1) is 5.52 Å². The molecule has 2 aromatic heterocycles. The minimum atomic E-state index is 0.555. The maximum atomic E-state index is 6.03. The zero-order valence-electron chi connectivity index (χ0n) is 7.57. The molecule has 1 fully saturated rings. The Morgan fingerprint density at radius 2 is 2.21 bits per heavy atom. The molecule has 2 aromatic rings. The second kappa shape index (κ2) is 2.64. The van der Waals surface area contributed by atoms with Gasteiger partial charge in [0.1, 0.15) is 11.6 Å². The fourth-order valence-corrected chi connectivity index (χ4v) is 2.00. The molecule has 4 heteroatoms. The molecule has 2 heterocycles. The molecule has 0 spiro atoms. The third-order valence-corrected chi connectivity index (χ3v) is 2.89. The summed E-state index contributed by atoms with van der Waals surface area (Å²) in [6.07, 6.45) is 2.40. The van der Waals surface area contributed by atoms with Gasteiger partial charge in [0.15, 0.2) is 5.15 Å². The van der Waals surface area contributed by atoms with E-state index in [0.29, 0.717) is 16.9 Å². The van der Waals surface area contributed by atoms with E-state index >= 15 is 0 Å². The quantitative estimate of drug-likeness (QED) is 0.781. The number of rotatable bonds is 1. The van der Waals surface area contributed by atoms with Crippen LogP contribution in [0.4, 0.5) is 5.82 Å². The molecule has 14 heavy (non-hydrogen) atoms. The molecule has 2 N–H and O–H groups in total. The lowest BCUT2D eigenvalue weighted by Crippen LogP contribution is -1.99. The van der Waals surface area contributed by atoms with E-state index in [1.54, 1.807) is 0 Å². The first-order chi connectivity index (χ1) is 6.77. The molecule has 3 rings (SSSR count). The summed E-state index contributed by atoms with van der Waals surface area (Å²) < 4.78 is 1.96. The Balaban J connectivity index is 2.39. The molecule has 72 valence electrons. The molecule has 0 amide bonds. The predicted octanol–water partition coefficient (Wildman–Crippen LogP) is 2.45. The van der Waals surface area contributed by atoms with E-state index in [1.165, 1.54) is 12.8 Å². The monoisotopic (exact) mass is 207 g/mol. The Morgan fingerprint density at radius 3 is 2.93 bits per heavy atom. The molecule has 1 aliphatic rings. The predicted molar refractivity (Wildman–Crippen MR) is 56.6 cm³/mol. The van der Waals surface area contributed by atoms with E-state index < -0.39 is 0 Å². The van der Waals surface area contributed by atoms with Crippen LogP contribution in [0.1, 0.15) is 24.6 Å². The molecule has 0 aromatic carbocycles. The highest BCUT2D eigenvalue weighted by Gasteiger charge is 2.29. The van der Waals surface area contributed by atoms with Crippen molar-refractivity contribution in [3.8, 4) is 0 Å². The lowest BCUT2D eigenvalue weighted by Gasteiger charge is -2.02. The van der Waals surface area contributed by atoms with Crippen LogP contribution in [0.3, 0.4) is 0 Å². The maximum Gasteiger partial charge on any atom is 0.155 e. The van der Waals surface area contributed by atoms with E-state index in [4.69, 9.17) is 17.3 Å². The summed E-state index contributed by atoms with van der Waals surface area (Å²) >= 11 is 6.03. The zero-order chi connectivity index (χ0) is 9.71. The second-order valence-electron chi connectivity index (χ2n) is 3.71. The van der Waals surface area contributed by atoms with Gasteiger partial charge in [-0.05, 0) is 25.0 Å². The Hall–Kier alpha value is -1.22. The molecule has 0 aliphatic heterocycles.